The lowest BCUT2D eigenvalue weighted by molar-refractivity contribution is 0.0162. The van der Waals surface area contributed by atoms with E-state index in [4.69, 9.17) is 10.5 Å². The van der Waals surface area contributed by atoms with Crippen LogP contribution in [0.2, 0.25) is 0 Å². The summed E-state index contributed by atoms with van der Waals surface area (Å²) in [6, 6.07) is 9.09. The molecule has 1 aromatic heterocycles. The Hall–Kier alpha value is -2.11. The lowest BCUT2D eigenvalue weighted by atomic mass is 9.91. The van der Waals surface area contributed by atoms with Crippen molar-refractivity contribution in [2.24, 2.45) is 0 Å². The van der Waals surface area contributed by atoms with Gasteiger partial charge in [-0.1, -0.05) is 6.07 Å². The highest BCUT2D eigenvalue weighted by atomic mass is 16.3. The van der Waals surface area contributed by atoms with Gasteiger partial charge in [0, 0.05) is 0 Å². The summed E-state index contributed by atoms with van der Waals surface area (Å²) in [5.41, 5.74) is -0.563. The van der Waals surface area contributed by atoms with Crippen LogP contribution in [0.4, 0.5) is 5.82 Å². The van der Waals surface area contributed by atoms with Crippen molar-refractivity contribution in [3.8, 4) is 12.1 Å². The van der Waals surface area contributed by atoms with Gasteiger partial charge in [-0.2, -0.15) is 10.5 Å². The van der Waals surface area contributed by atoms with Crippen molar-refractivity contribution < 1.29 is 5.11 Å². The summed E-state index contributed by atoms with van der Waals surface area (Å²) < 4.78 is 0. The molecule has 0 bridgehead atoms. The molecule has 80 valence electrons. The fraction of sp³-hybridized carbons (Fsp3) is 0.364. The van der Waals surface area contributed by atoms with Gasteiger partial charge in [-0.25, -0.2) is 4.98 Å². The minimum absolute atomic E-state index is 0.126. The molecule has 0 radical (unpaired) electrons. The highest BCUT2D eigenvalue weighted by Gasteiger charge is 2.41. The van der Waals surface area contributed by atoms with E-state index in [-0.39, 0.29) is 6.42 Å². The zero-order valence-electron chi connectivity index (χ0n) is 8.59. The van der Waals surface area contributed by atoms with Gasteiger partial charge in [0.25, 0.3) is 0 Å². The second-order valence-corrected chi connectivity index (χ2v) is 3.91. The number of rotatable bonds is 2. The Morgan fingerprint density at radius 3 is 2.81 bits per heavy atom. The molecule has 2 heterocycles. The second-order valence-electron chi connectivity index (χ2n) is 3.91. The van der Waals surface area contributed by atoms with Crippen LogP contribution in [0, 0.1) is 22.7 Å². The fourth-order valence-electron chi connectivity index (χ4n) is 1.75. The van der Waals surface area contributed by atoms with Crippen LogP contribution in [0.15, 0.2) is 18.2 Å². The molecular weight excluding hydrogens is 204 g/mol. The normalized spacial score (nSPS) is 17.1. The van der Waals surface area contributed by atoms with Crippen LogP contribution >= 0.6 is 0 Å². The Kier molecular flexibility index (Phi) is 2.47. The number of pyridine rings is 1. The van der Waals surface area contributed by atoms with Gasteiger partial charge in [-0.05, 0) is 12.1 Å². The number of hydrogen-bond acceptors (Lipinski definition) is 5. The highest BCUT2D eigenvalue weighted by molar-refractivity contribution is 5.46. The molecule has 0 spiro atoms. The van der Waals surface area contributed by atoms with Crippen LogP contribution in [0.3, 0.4) is 0 Å². The minimum atomic E-state index is -0.918. The summed E-state index contributed by atoms with van der Waals surface area (Å²) >= 11 is 0. The van der Waals surface area contributed by atoms with E-state index in [0.717, 1.165) is 0 Å². The van der Waals surface area contributed by atoms with Crippen molar-refractivity contribution in [2.45, 2.75) is 12.0 Å². The first-order valence-electron chi connectivity index (χ1n) is 4.88. The van der Waals surface area contributed by atoms with Gasteiger partial charge in [-0.3, -0.25) is 0 Å². The van der Waals surface area contributed by atoms with Gasteiger partial charge in [0.1, 0.15) is 23.2 Å². The number of anilines is 1. The summed E-state index contributed by atoms with van der Waals surface area (Å²) in [7, 11) is 0. The Labute approximate surface area is 93.2 Å². The van der Waals surface area contributed by atoms with Gasteiger partial charge >= 0.3 is 0 Å². The fourth-order valence-corrected chi connectivity index (χ4v) is 1.75. The largest absolute Gasteiger partial charge is 0.385 e. The van der Waals surface area contributed by atoms with Crippen molar-refractivity contribution in [1.82, 2.24) is 4.98 Å². The average Bonchev–Trinajstić information content (AvgIpc) is 2.26. The van der Waals surface area contributed by atoms with E-state index in [2.05, 4.69) is 4.98 Å². The Balaban J connectivity index is 2.07. The number of aliphatic hydroxyl groups is 1. The second kappa shape index (κ2) is 3.80. The van der Waals surface area contributed by atoms with Crippen LogP contribution in [0.5, 0.6) is 0 Å². The lowest BCUT2D eigenvalue weighted by Gasteiger charge is -2.46. The third-order valence-electron chi connectivity index (χ3n) is 2.55. The van der Waals surface area contributed by atoms with Crippen LogP contribution in [0.25, 0.3) is 0 Å². The van der Waals surface area contributed by atoms with Crippen LogP contribution in [-0.2, 0) is 0 Å². The van der Waals surface area contributed by atoms with Crippen molar-refractivity contribution >= 4 is 5.82 Å². The molecule has 0 atom stereocenters. The van der Waals surface area contributed by atoms with Gasteiger partial charge in [-0.15, -0.1) is 0 Å². The summed E-state index contributed by atoms with van der Waals surface area (Å²) in [4.78, 5) is 5.96. The first kappa shape index (κ1) is 10.4. The van der Waals surface area contributed by atoms with Crippen LogP contribution in [-0.4, -0.2) is 28.8 Å². The summed E-state index contributed by atoms with van der Waals surface area (Å²) in [6.45, 7) is 0.783. The van der Waals surface area contributed by atoms with E-state index in [1.165, 1.54) is 0 Å². The van der Waals surface area contributed by atoms with Crippen molar-refractivity contribution in [3.05, 3.63) is 23.9 Å². The summed E-state index contributed by atoms with van der Waals surface area (Å²) in [5, 5.41) is 27.0. The molecule has 1 N–H and O–H groups in total. The molecule has 16 heavy (non-hydrogen) atoms. The zero-order valence-corrected chi connectivity index (χ0v) is 8.59. The monoisotopic (exact) mass is 214 g/mol. The quantitative estimate of drug-likeness (QED) is 0.771. The zero-order chi connectivity index (χ0) is 11.6. The molecule has 0 unspecified atom stereocenters. The number of nitriles is 2. The number of β-amino-alcohol motifs (C(OH)–C–C–N with tert-alkyl or cyclic N) is 1. The molecule has 1 aliphatic heterocycles. The standard InChI is InChI=1S/C11H10N4O/c12-5-4-11(16)7-15(8-11)10-3-1-2-9(6-13)14-10/h1-3,16H,4,7-8H2. The lowest BCUT2D eigenvalue weighted by Crippen LogP contribution is -2.62. The van der Waals surface area contributed by atoms with Crippen LogP contribution < -0.4 is 4.90 Å². The van der Waals surface area contributed by atoms with E-state index in [9.17, 15) is 5.11 Å². The molecule has 0 saturated carbocycles. The smallest absolute Gasteiger partial charge is 0.142 e. The predicted molar refractivity (Wildman–Crippen MR) is 56.3 cm³/mol. The van der Waals surface area contributed by atoms with E-state index in [1.807, 2.05) is 17.0 Å². The van der Waals surface area contributed by atoms with Crippen molar-refractivity contribution in [3.63, 3.8) is 0 Å². The van der Waals surface area contributed by atoms with Crippen molar-refractivity contribution in [2.75, 3.05) is 18.0 Å². The molecule has 0 aromatic carbocycles. The molecule has 1 aliphatic rings. The average molecular weight is 214 g/mol. The molecule has 2 rings (SSSR count). The number of aromatic nitrogens is 1. The van der Waals surface area contributed by atoms with E-state index >= 15 is 0 Å². The first-order chi connectivity index (χ1) is 7.67. The topological polar surface area (TPSA) is 83.9 Å². The number of hydrogen-bond donors (Lipinski definition) is 1. The van der Waals surface area contributed by atoms with E-state index in [0.29, 0.717) is 24.6 Å². The SMILES string of the molecule is N#CCC1(O)CN(c2cccc(C#N)n2)C1. The van der Waals surface area contributed by atoms with E-state index in [1.54, 1.807) is 18.2 Å². The maximum atomic E-state index is 9.81. The molecule has 1 saturated heterocycles. The third kappa shape index (κ3) is 1.81. The van der Waals surface area contributed by atoms with Gasteiger partial charge < -0.3 is 10.0 Å². The Morgan fingerprint density at radius 1 is 1.44 bits per heavy atom. The van der Waals surface area contributed by atoms with Crippen LogP contribution in [0.1, 0.15) is 12.1 Å². The maximum Gasteiger partial charge on any atom is 0.142 e. The van der Waals surface area contributed by atoms with E-state index < -0.39 is 5.60 Å². The Morgan fingerprint density at radius 2 is 2.19 bits per heavy atom. The number of nitrogens with zero attached hydrogens (tertiary/aromatic N) is 4. The highest BCUT2D eigenvalue weighted by Crippen LogP contribution is 2.28. The summed E-state index contributed by atoms with van der Waals surface area (Å²) in [5.74, 6) is 0.668. The first-order valence-corrected chi connectivity index (χ1v) is 4.88. The predicted octanol–water partition coefficient (Wildman–Crippen LogP) is 0.418. The third-order valence-corrected chi connectivity index (χ3v) is 2.55. The molecule has 0 amide bonds. The summed E-state index contributed by atoms with van der Waals surface area (Å²) in [6.07, 6.45) is 0.126. The van der Waals surface area contributed by atoms with Gasteiger partial charge in [0.05, 0.1) is 25.6 Å². The molecule has 5 heteroatoms. The van der Waals surface area contributed by atoms with Gasteiger partial charge in [0.2, 0.25) is 0 Å². The minimum Gasteiger partial charge on any atom is -0.385 e. The van der Waals surface area contributed by atoms with Gasteiger partial charge in [0.15, 0.2) is 0 Å². The molecule has 1 aromatic rings. The molecule has 5 nitrogen and oxygen atoms in total. The molecular formula is C11H10N4O. The maximum absolute atomic E-state index is 9.81. The Bertz CT molecular complexity index is 479. The molecule has 0 aliphatic carbocycles. The molecule has 1 fully saturated rings. The van der Waals surface area contributed by atoms with Crippen molar-refractivity contribution in [1.29, 1.82) is 10.5 Å².